The predicted octanol–water partition coefficient (Wildman–Crippen LogP) is 2.85. The number of amides is 2. The lowest BCUT2D eigenvalue weighted by atomic mass is 9.77. The summed E-state index contributed by atoms with van der Waals surface area (Å²) in [6.45, 7) is 2.91. The van der Waals surface area contributed by atoms with Crippen molar-refractivity contribution in [3.8, 4) is 0 Å². The monoisotopic (exact) mass is 412 g/mol. The first-order valence-corrected chi connectivity index (χ1v) is 11.1. The van der Waals surface area contributed by atoms with E-state index in [2.05, 4.69) is 10.6 Å². The third-order valence-corrected chi connectivity index (χ3v) is 5.92. The number of carbonyl (C=O) groups excluding carboxylic acids is 2. The second-order valence-electron chi connectivity index (χ2n) is 8.12. The molecule has 166 valence electrons. The Morgan fingerprint density at radius 2 is 1.72 bits per heavy atom. The molecule has 2 amide bonds. The number of alkyl carbamates (subject to hydrolysis) is 1. The number of carboxylic acids is 1. The molecule has 2 saturated heterocycles. The number of ether oxygens (including phenoxy) is 2. The van der Waals surface area contributed by atoms with Crippen molar-refractivity contribution in [1.82, 2.24) is 10.6 Å². The van der Waals surface area contributed by atoms with Gasteiger partial charge in [0.15, 0.2) is 0 Å². The van der Waals surface area contributed by atoms with Gasteiger partial charge in [-0.15, -0.1) is 0 Å². The van der Waals surface area contributed by atoms with E-state index in [-0.39, 0.29) is 37.0 Å². The third kappa shape index (κ3) is 8.20. The smallest absolute Gasteiger partial charge is 0.407 e. The van der Waals surface area contributed by atoms with Gasteiger partial charge in [0, 0.05) is 18.9 Å². The molecule has 0 radical (unpaired) electrons. The molecule has 0 spiro atoms. The zero-order valence-corrected chi connectivity index (χ0v) is 17.5. The molecule has 0 aromatic rings. The second-order valence-corrected chi connectivity index (χ2v) is 8.12. The molecule has 8 heteroatoms. The lowest BCUT2D eigenvalue weighted by molar-refractivity contribution is -0.137. The Labute approximate surface area is 173 Å². The number of carbonyl (C=O) groups is 3. The van der Waals surface area contributed by atoms with E-state index in [1.807, 2.05) is 6.92 Å². The van der Waals surface area contributed by atoms with Crippen LogP contribution in [0.2, 0.25) is 0 Å². The average Bonchev–Trinajstić information content (AvgIpc) is 3.29. The number of fused-ring (bicyclic) bond motifs is 2. The Hall–Kier alpha value is -1.83. The number of rotatable bonds is 14. The summed E-state index contributed by atoms with van der Waals surface area (Å²) in [6, 6.07) is 0. The molecule has 2 aliphatic rings. The highest BCUT2D eigenvalue weighted by molar-refractivity contribution is 5.82. The van der Waals surface area contributed by atoms with Crippen molar-refractivity contribution >= 4 is 18.0 Å². The van der Waals surface area contributed by atoms with Crippen LogP contribution in [0.1, 0.15) is 71.1 Å². The molecule has 29 heavy (non-hydrogen) atoms. The number of hydrogen-bond acceptors (Lipinski definition) is 5. The molecule has 2 aliphatic heterocycles. The van der Waals surface area contributed by atoms with E-state index in [0.717, 1.165) is 57.8 Å². The van der Waals surface area contributed by atoms with Crippen molar-refractivity contribution < 1.29 is 29.0 Å². The fraction of sp³-hybridized carbons (Fsp3) is 0.857. The number of nitrogens with one attached hydrogen (secondary N) is 2. The molecular formula is C21H36N2O6. The van der Waals surface area contributed by atoms with Crippen LogP contribution in [0.5, 0.6) is 0 Å². The van der Waals surface area contributed by atoms with Gasteiger partial charge in [-0.2, -0.15) is 0 Å². The molecule has 0 aromatic carbocycles. The summed E-state index contributed by atoms with van der Waals surface area (Å²) in [6.07, 6.45) is 8.80. The van der Waals surface area contributed by atoms with Crippen molar-refractivity contribution in [3.05, 3.63) is 0 Å². The van der Waals surface area contributed by atoms with E-state index >= 15 is 0 Å². The van der Waals surface area contributed by atoms with Gasteiger partial charge >= 0.3 is 12.1 Å². The van der Waals surface area contributed by atoms with Gasteiger partial charge in [0.1, 0.15) is 0 Å². The standard InChI is InChI=1S/C21H36N2O6/c1-2-3-12-22-19(24)13-23-21(27)28-14-16-15(17-10-11-18(16)29-17)8-6-4-5-7-9-20(25)26/h15-18H,2-14H2,1H3,(H,22,24)(H,23,27)(H,25,26). The Bertz CT molecular complexity index is 541. The third-order valence-electron chi connectivity index (χ3n) is 5.92. The van der Waals surface area contributed by atoms with Crippen molar-refractivity contribution in [3.63, 3.8) is 0 Å². The van der Waals surface area contributed by atoms with Gasteiger partial charge in [0.2, 0.25) is 5.91 Å². The molecule has 2 heterocycles. The highest BCUT2D eigenvalue weighted by Crippen LogP contribution is 2.45. The van der Waals surface area contributed by atoms with E-state index in [0.29, 0.717) is 19.1 Å². The fourth-order valence-corrected chi connectivity index (χ4v) is 4.35. The van der Waals surface area contributed by atoms with Crippen LogP contribution in [0.3, 0.4) is 0 Å². The lowest BCUT2D eigenvalue weighted by Gasteiger charge is -2.27. The van der Waals surface area contributed by atoms with Gasteiger partial charge in [-0.3, -0.25) is 9.59 Å². The first-order valence-electron chi connectivity index (χ1n) is 11.1. The van der Waals surface area contributed by atoms with E-state index in [9.17, 15) is 14.4 Å². The van der Waals surface area contributed by atoms with Crippen molar-refractivity contribution in [1.29, 1.82) is 0 Å². The maximum atomic E-state index is 11.9. The SMILES string of the molecule is CCCCNC(=O)CNC(=O)OCC1C2CCC(O2)C1CCCCCCC(=O)O. The molecule has 2 fully saturated rings. The average molecular weight is 413 g/mol. The maximum absolute atomic E-state index is 11.9. The fourth-order valence-electron chi connectivity index (χ4n) is 4.35. The summed E-state index contributed by atoms with van der Waals surface area (Å²) in [4.78, 5) is 34.1. The summed E-state index contributed by atoms with van der Waals surface area (Å²) >= 11 is 0. The molecule has 0 aromatic heterocycles. The van der Waals surface area contributed by atoms with E-state index < -0.39 is 12.1 Å². The van der Waals surface area contributed by atoms with E-state index in [1.165, 1.54) is 0 Å². The van der Waals surface area contributed by atoms with Crippen molar-refractivity contribution in [2.75, 3.05) is 19.7 Å². The Balaban J connectivity index is 1.63. The molecule has 2 bridgehead atoms. The van der Waals surface area contributed by atoms with Crippen LogP contribution in [0.4, 0.5) is 4.79 Å². The zero-order valence-electron chi connectivity index (χ0n) is 17.5. The summed E-state index contributed by atoms with van der Waals surface area (Å²) in [5, 5.41) is 13.9. The van der Waals surface area contributed by atoms with Gasteiger partial charge in [0.25, 0.3) is 0 Å². The van der Waals surface area contributed by atoms with Gasteiger partial charge in [-0.1, -0.05) is 32.6 Å². The highest BCUT2D eigenvalue weighted by atomic mass is 16.6. The van der Waals surface area contributed by atoms with Gasteiger partial charge < -0.3 is 25.2 Å². The molecule has 4 unspecified atom stereocenters. The minimum atomic E-state index is -0.736. The van der Waals surface area contributed by atoms with Crippen LogP contribution in [0, 0.1) is 11.8 Å². The van der Waals surface area contributed by atoms with E-state index in [4.69, 9.17) is 14.6 Å². The van der Waals surface area contributed by atoms with Crippen LogP contribution in [0.25, 0.3) is 0 Å². The van der Waals surface area contributed by atoms with Crippen LogP contribution >= 0.6 is 0 Å². The zero-order chi connectivity index (χ0) is 21.1. The maximum Gasteiger partial charge on any atom is 0.407 e. The van der Waals surface area contributed by atoms with Crippen LogP contribution in [0.15, 0.2) is 0 Å². The Kier molecular flexibility index (Phi) is 10.2. The quantitative estimate of drug-likeness (QED) is 0.378. The highest BCUT2D eigenvalue weighted by Gasteiger charge is 2.48. The molecule has 4 atom stereocenters. The summed E-state index contributed by atoms with van der Waals surface area (Å²) in [7, 11) is 0. The van der Waals surface area contributed by atoms with Crippen molar-refractivity contribution in [2.45, 2.75) is 83.3 Å². The predicted molar refractivity (Wildman–Crippen MR) is 107 cm³/mol. The largest absolute Gasteiger partial charge is 0.481 e. The molecule has 2 rings (SSSR count). The summed E-state index contributed by atoms with van der Waals surface area (Å²) < 4.78 is 11.4. The second kappa shape index (κ2) is 12.7. The van der Waals surface area contributed by atoms with Gasteiger partial charge in [-0.05, 0) is 38.0 Å². The topological polar surface area (TPSA) is 114 Å². The normalized spacial score (nSPS) is 25.0. The first kappa shape index (κ1) is 23.4. The summed E-state index contributed by atoms with van der Waals surface area (Å²) in [5.41, 5.74) is 0. The number of carboxylic acid groups (broad SMARTS) is 1. The van der Waals surface area contributed by atoms with Gasteiger partial charge in [0.05, 0.1) is 25.4 Å². The Morgan fingerprint density at radius 1 is 1.00 bits per heavy atom. The van der Waals surface area contributed by atoms with Crippen molar-refractivity contribution in [2.24, 2.45) is 11.8 Å². The number of aliphatic carboxylic acids is 1. The molecular weight excluding hydrogens is 376 g/mol. The molecule has 0 aliphatic carbocycles. The van der Waals surface area contributed by atoms with E-state index in [1.54, 1.807) is 0 Å². The van der Waals surface area contributed by atoms with Crippen LogP contribution in [-0.2, 0) is 19.1 Å². The first-order chi connectivity index (χ1) is 14.0. The van der Waals surface area contributed by atoms with Crippen LogP contribution in [-0.4, -0.2) is 55.0 Å². The van der Waals surface area contributed by atoms with Gasteiger partial charge in [-0.25, -0.2) is 4.79 Å². The lowest BCUT2D eigenvalue weighted by Crippen LogP contribution is -2.39. The molecule has 8 nitrogen and oxygen atoms in total. The van der Waals surface area contributed by atoms with Crippen LogP contribution < -0.4 is 10.6 Å². The summed E-state index contributed by atoms with van der Waals surface area (Å²) in [5.74, 6) is -0.352. The number of hydrogen-bond donors (Lipinski definition) is 3. The molecule has 0 saturated carbocycles. The minimum Gasteiger partial charge on any atom is -0.481 e. The Morgan fingerprint density at radius 3 is 2.45 bits per heavy atom. The number of unbranched alkanes of at least 4 members (excludes halogenated alkanes) is 4. The molecule has 3 N–H and O–H groups in total. The minimum absolute atomic E-state index is 0.0739.